The molecule has 0 saturated carbocycles. The fourth-order valence-corrected chi connectivity index (χ4v) is 5.02. The van der Waals surface area contributed by atoms with Crippen LogP contribution in [0.15, 0.2) is 79.4 Å². The minimum Gasteiger partial charge on any atom is -0.372 e. The van der Waals surface area contributed by atoms with Crippen molar-refractivity contribution in [3.8, 4) is 22.3 Å². The van der Waals surface area contributed by atoms with E-state index in [1.165, 1.54) is 41.6 Å². The van der Waals surface area contributed by atoms with Crippen LogP contribution in [0.1, 0.15) is 24.1 Å². The molecule has 12 heteroatoms. The number of hydrazine groups is 1. The number of hydrogen-bond donors (Lipinski definition) is 3. The smallest absolute Gasteiger partial charge is 0.372 e. The van der Waals surface area contributed by atoms with Gasteiger partial charge in [0.25, 0.3) is 5.91 Å². The number of fused-ring (bicyclic) bond motifs is 4. The molecule has 40 heavy (non-hydrogen) atoms. The predicted octanol–water partition coefficient (Wildman–Crippen LogP) is 5.12. The largest absolute Gasteiger partial charge is 0.425 e. The van der Waals surface area contributed by atoms with Crippen LogP contribution in [0.2, 0.25) is 0 Å². The molecule has 8 nitrogen and oxygen atoms in total. The number of hydrogen-bond acceptors (Lipinski definition) is 6. The molecule has 0 saturated heterocycles. The highest BCUT2D eigenvalue weighted by atomic mass is 19.4. The second kappa shape index (κ2) is 9.12. The molecule has 0 fully saturated rings. The molecular formula is C28H20F4N6O2. The molecule has 3 aromatic carbocycles. The highest BCUT2D eigenvalue weighted by Gasteiger charge is 2.61. The number of alkyl halides is 3. The first-order chi connectivity index (χ1) is 19.1. The lowest BCUT2D eigenvalue weighted by atomic mass is 9.89. The fourth-order valence-electron chi connectivity index (χ4n) is 5.02. The monoisotopic (exact) mass is 548 g/mol. The van der Waals surface area contributed by atoms with E-state index in [0.717, 1.165) is 6.07 Å². The topological polar surface area (TPSA) is 105 Å². The summed E-state index contributed by atoms with van der Waals surface area (Å²) in [6.07, 6.45) is -0.974. The van der Waals surface area contributed by atoms with Gasteiger partial charge in [-0.05, 0) is 47.9 Å². The second-order valence-electron chi connectivity index (χ2n) is 9.37. The minimum atomic E-state index is -5.10. The number of carbonyl (C=O) groups excluding carboxylic acids is 1. The first-order valence-electron chi connectivity index (χ1n) is 12.1. The van der Waals surface area contributed by atoms with Crippen molar-refractivity contribution in [2.24, 2.45) is 0 Å². The van der Waals surface area contributed by atoms with E-state index in [1.807, 2.05) is 12.1 Å². The summed E-state index contributed by atoms with van der Waals surface area (Å²) in [5.74, 6) is -1.05. The second-order valence-corrected chi connectivity index (χ2v) is 9.37. The molecule has 0 spiro atoms. The summed E-state index contributed by atoms with van der Waals surface area (Å²) < 4.78 is 58.6. The number of halogens is 4. The number of anilines is 1. The van der Waals surface area contributed by atoms with Crippen molar-refractivity contribution in [1.82, 2.24) is 25.2 Å². The molecule has 2 atom stereocenters. The molecule has 5 aromatic rings. The van der Waals surface area contributed by atoms with Gasteiger partial charge in [0.15, 0.2) is 5.82 Å². The van der Waals surface area contributed by atoms with E-state index >= 15 is 0 Å². The van der Waals surface area contributed by atoms with Crippen LogP contribution in [0.3, 0.4) is 0 Å². The van der Waals surface area contributed by atoms with E-state index < -0.39 is 35.1 Å². The Kier molecular flexibility index (Phi) is 5.80. The average Bonchev–Trinajstić information content (AvgIpc) is 3.53. The third kappa shape index (κ3) is 3.87. The van der Waals surface area contributed by atoms with Gasteiger partial charge in [0.05, 0.1) is 11.7 Å². The summed E-state index contributed by atoms with van der Waals surface area (Å²) in [7, 11) is 0. The number of amides is 1. The highest BCUT2D eigenvalue weighted by Crippen LogP contribution is 2.57. The molecular weight excluding hydrogens is 528 g/mol. The lowest BCUT2D eigenvalue weighted by Crippen LogP contribution is -2.41. The van der Waals surface area contributed by atoms with Crippen LogP contribution < -0.4 is 10.9 Å². The van der Waals surface area contributed by atoms with E-state index in [0.29, 0.717) is 22.8 Å². The zero-order chi connectivity index (χ0) is 28.2. The Balaban J connectivity index is 1.32. The molecule has 202 valence electrons. The molecule has 0 aliphatic heterocycles. The summed E-state index contributed by atoms with van der Waals surface area (Å²) >= 11 is 0. The number of nitrogens with zero attached hydrogens (tertiary/aromatic N) is 4. The summed E-state index contributed by atoms with van der Waals surface area (Å²) in [5.41, 5.74) is 2.22. The average molecular weight is 549 g/mol. The maximum Gasteiger partial charge on any atom is 0.425 e. The molecule has 2 aromatic heterocycles. The Hall–Kier alpha value is -4.84. The quantitative estimate of drug-likeness (QED) is 0.208. The number of nitrogens with one attached hydrogen (secondary N) is 2. The van der Waals surface area contributed by atoms with Gasteiger partial charge >= 0.3 is 6.18 Å². The van der Waals surface area contributed by atoms with Crippen molar-refractivity contribution in [1.29, 1.82) is 0 Å². The SMILES string of the molecule is CC(C(=O)NNc1ncnc2ccccc12)n1cc(-c2cc(F)cc3c2-c2ccccc2C3(O)C(F)(F)F)cn1. The summed E-state index contributed by atoms with van der Waals surface area (Å²) in [5, 5.41) is 15.8. The van der Waals surface area contributed by atoms with Crippen molar-refractivity contribution >= 4 is 22.6 Å². The van der Waals surface area contributed by atoms with Gasteiger partial charge in [0.2, 0.25) is 5.60 Å². The van der Waals surface area contributed by atoms with Gasteiger partial charge in [0.1, 0.15) is 18.2 Å². The Bertz CT molecular complexity index is 1780. The zero-order valence-electron chi connectivity index (χ0n) is 20.7. The van der Waals surface area contributed by atoms with Gasteiger partial charge in [-0.25, -0.2) is 14.4 Å². The Morgan fingerprint density at radius 3 is 2.58 bits per heavy atom. The number of aromatic nitrogens is 4. The van der Waals surface area contributed by atoms with E-state index in [9.17, 15) is 27.5 Å². The van der Waals surface area contributed by atoms with Crippen molar-refractivity contribution in [2.75, 3.05) is 5.43 Å². The molecule has 1 aliphatic rings. The molecule has 2 unspecified atom stereocenters. The lowest BCUT2D eigenvalue weighted by Gasteiger charge is -2.28. The van der Waals surface area contributed by atoms with Gasteiger partial charge in [-0.1, -0.05) is 36.4 Å². The van der Waals surface area contributed by atoms with E-state index in [-0.39, 0.29) is 27.8 Å². The third-order valence-corrected chi connectivity index (χ3v) is 7.03. The van der Waals surface area contributed by atoms with Gasteiger partial charge in [0, 0.05) is 28.3 Å². The molecule has 6 rings (SSSR count). The molecule has 1 amide bonds. The molecule has 1 aliphatic carbocycles. The van der Waals surface area contributed by atoms with Gasteiger partial charge in [-0.2, -0.15) is 18.3 Å². The number of rotatable bonds is 5. The number of benzene rings is 3. The first-order valence-corrected chi connectivity index (χ1v) is 12.1. The number of aliphatic hydroxyl groups is 1. The summed E-state index contributed by atoms with van der Waals surface area (Å²) in [6.45, 7) is 1.57. The molecule has 3 N–H and O–H groups in total. The Morgan fingerprint density at radius 1 is 1.02 bits per heavy atom. The van der Waals surface area contributed by atoms with E-state index in [2.05, 4.69) is 25.9 Å². The zero-order valence-corrected chi connectivity index (χ0v) is 20.7. The minimum absolute atomic E-state index is 0.0470. The van der Waals surface area contributed by atoms with Crippen LogP contribution in [0, 0.1) is 5.82 Å². The van der Waals surface area contributed by atoms with Gasteiger partial charge < -0.3 is 5.11 Å². The molecule has 0 bridgehead atoms. The Labute approximate surface area is 224 Å². The third-order valence-electron chi connectivity index (χ3n) is 7.03. The van der Waals surface area contributed by atoms with E-state index in [4.69, 9.17) is 0 Å². The first kappa shape index (κ1) is 25.4. The van der Waals surface area contributed by atoms with Crippen molar-refractivity contribution in [3.05, 3.63) is 96.3 Å². The van der Waals surface area contributed by atoms with Crippen molar-refractivity contribution < 1.29 is 27.5 Å². The molecule has 0 radical (unpaired) electrons. The maximum absolute atomic E-state index is 14.7. The van der Waals surface area contributed by atoms with Crippen LogP contribution in [0.4, 0.5) is 23.4 Å². The normalized spacial score (nSPS) is 16.9. The van der Waals surface area contributed by atoms with Gasteiger partial charge in [-0.3, -0.25) is 20.3 Å². The summed E-state index contributed by atoms with van der Waals surface area (Å²) in [6, 6.07) is 13.7. The predicted molar refractivity (Wildman–Crippen MR) is 138 cm³/mol. The number of carbonyl (C=O) groups is 1. The van der Waals surface area contributed by atoms with Crippen molar-refractivity contribution in [2.45, 2.75) is 24.7 Å². The maximum atomic E-state index is 14.7. The number of para-hydroxylation sites is 1. The Morgan fingerprint density at radius 2 is 1.77 bits per heavy atom. The van der Waals surface area contributed by atoms with Crippen LogP contribution in [0.5, 0.6) is 0 Å². The highest BCUT2D eigenvalue weighted by molar-refractivity contribution is 5.93. The molecule has 2 heterocycles. The van der Waals surface area contributed by atoms with E-state index in [1.54, 1.807) is 25.1 Å². The van der Waals surface area contributed by atoms with Crippen molar-refractivity contribution in [3.63, 3.8) is 0 Å². The van der Waals surface area contributed by atoms with Crippen LogP contribution >= 0.6 is 0 Å². The summed E-state index contributed by atoms with van der Waals surface area (Å²) in [4.78, 5) is 21.2. The fraction of sp³-hybridized carbons (Fsp3) is 0.143. The van der Waals surface area contributed by atoms with Crippen LogP contribution in [-0.2, 0) is 10.4 Å². The lowest BCUT2D eigenvalue weighted by molar-refractivity contribution is -0.246. The van der Waals surface area contributed by atoms with Crippen LogP contribution in [-0.4, -0.2) is 36.9 Å². The van der Waals surface area contributed by atoms with Gasteiger partial charge in [-0.15, -0.1) is 0 Å². The standard InChI is InChI=1S/C28H20F4N6O2/c1-15(26(39)37-36-25-19-7-3-5-9-23(19)33-14-34-25)38-13-16(12-35-38)20-10-17(29)11-22-24(20)18-6-2-4-8-21(18)27(22,40)28(30,31)32/h2-15,40H,1H3,(H,37,39)(H,33,34,36). The van der Waals surface area contributed by atoms with Crippen LogP contribution in [0.25, 0.3) is 33.2 Å².